The first-order chi connectivity index (χ1) is 18.4. The summed E-state index contributed by atoms with van der Waals surface area (Å²) in [6.07, 6.45) is 6.71. The Balaban J connectivity index is 1.47. The number of benzene rings is 3. The molecule has 0 aliphatic heterocycles. The van der Waals surface area contributed by atoms with Gasteiger partial charge >= 0.3 is 5.69 Å². The second-order valence-electron chi connectivity index (χ2n) is 9.19. The van der Waals surface area contributed by atoms with Gasteiger partial charge in [-0.15, -0.1) is 0 Å². The van der Waals surface area contributed by atoms with Crippen molar-refractivity contribution >= 4 is 54.7 Å². The molecule has 1 heterocycles. The Morgan fingerprint density at radius 1 is 1.08 bits per heavy atom. The molecule has 3 aromatic carbocycles. The van der Waals surface area contributed by atoms with E-state index in [1.54, 1.807) is 24.3 Å². The highest BCUT2D eigenvalue weighted by Crippen LogP contribution is 2.32. The van der Waals surface area contributed by atoms with E-state index in [2.05, 4.69) is 37.0 Å². The van der Waals surface area contributed by atoms with E-state index < -0.39 is 4.92 Å². The van der Waals surface area contributed by atoms with Crippen molar-refractivity contribution in [1.29, 1.82) is 0 Å². The Morgan fingerprint density at radius 3 is 2.63 bits per heavy atom. The van der Waals surface area contributed by atoms with Gasteiger partial charge in [-0.2, -0.15) is 9.78 Å². The number of halogens is 2. The normalized spacial score (nSPS) is 14.3. The molecule has 1 aliphatic rings. The van der Waals surface area contributed by atoms with Crippen LogP contribution in [-0.4, -0.2) is 20.8 Å². The second kappa shape index (κ2) is 11.6. The Labute approximate surface area is 235 Å². The zero-order valence-corrected chi connectivity index (χ0v) is 23.5. The SMILES string of the molecule is O=c1c2ccccc2nc(C2CCCCC2)n1N=Cc1ccc(OCc2ccc(Br)cc2Br)c([N+](=O)[O-])c1. The van der Waals surface area contributed by atoms with Crippen molar-refractivity contribution in [1.82, 2.24) is 9.66 Å². The standard InChI is InChI=1S/C28H24Br2N4O4/c29-21-12-11-20(23(30)15-21)17-38-26-13-10-18(14-25(26)34(36)37)16-31-33-27(19-6-2-1-3-7-19)32-24-9-5-4-8-22(24)28(33)35/h4-5,8-16,19H,1-3,6-7,17H2. The number of hydrogen-bond acceptors (Lipinski definition) is 6. The Hall–Kier alpha value is -3.37. The highest BCUT2D eigenvalue weighted by molar-refractivity contribution is 9.11. The molecule has 8 nitrogen and oxygen atoms in total. The quantitative estimate of drug-likeness (QED) is 0.120. The molecule has 194 valence electrons. The van der Waals surface area contributed by atoms with Gasteiger partial charge in [0.2, 0.25) is 0 Å². The summed E-state index contributed by atoms with van der Waals surface area (Å²) < 4.78 is 8.90. The van der Waals surface area contributed by atoms with Crippen molar-refractivity contribution in [3.8, 4) is 5.75 Å². The molecule has 0 unspecified atom stereocenters. The lowest BCUT2D eigenvalue weighted by atomic mass is 9.88. The molecular weight excluding hydrogens is 616 g/mol. The topological polar surface area (TPSA) is 99.6 Å². The summed E-state index contributed by atoms with van der Waals surface area (Å²) in [7, 11) is 0. The molecule has 38 heavy (non-hydrogen) atoms. The lowest BCUT2D eigenvalue weighted by Crippen LogP contribution is -2.25. The molecule has 1 aromatic heterocycles. The van der Waals surface area contributed by atoms with Gasteiger partial charge in [0.25, 0.3) is 5.56 Å². The lowest BCUT2D eigenvalue weighted by Gasteiger charge is -2.22. The van der Waals surface area contributed by atoms with Gasteiger partial charge in [-0.3, -0.25) is 14.9 Å². The molecule has 0 amide bonds. The second-order valence-corrected chi connectivity index (χ2v) is 11.0. The molecule has 0 spiro atoms. The maximum atomic E-state index is 13.4. The summed E-state index contributed by atoms with van der Waals surface area (Å²) in [4.78, 5) is 29.5. The first kappa shape index (κ1) is 26.2. The van der Waals surface area contributed by atoms with E-state index >= 15 is 0 Å². The highest BCUT2D eigenvalue weighted by Gasteiger charge is 2.22. The molecule has 0 atom stereocenters. The van der Waals surface area contributed by atoms with Crippen LogP contribution >= 0.6 is 31.9 Å². The third-order valence-corrected chi connectivity index (χ3v) is 7.88. The molecule has 1 fully saturated rings. The number of rotatable bonds is 7. The maximum Gasteiger partial charge on any atom is 0.311 e. The number of para-hydroxylation sites is 1. The van der Waals surface area contributed by atoms with Crippen molar-refractivity contribution in [2.75, 3.05) is 0 Å². The zero-order valence-electron chi connectivity index (χ0n) is 20.3. The van der Waals surface area contributed by atoms with Crippen molar-refractivity contribution in [2.24, 2.45) is 5.10 Å². The first-order valence-corrected chi connectivity index (χ1v) is 13.9. The fourth-order valence-corrected chi connectivity index (χ4v) is 5.84. The molecule has 0 radical (unpaired) electrons. The summed E-state index contributed by atoms with van der Waals surface area (Å²) >= 11 is 6.89. The number of hydrogen-bond donors (Lipinski definition) is 0. The average molecular weight is 640 g/mol. The van der Waals surface area contributed by atoms with Gasteiger partial charge in [-0.05, 0) is 49.2 Å². The van der Waals surface area contributed by atoms with Crippen LogP contribution in [0, 0.1) is 10.1 Å². The van der Waals surface area contributed by atoms with Gasteiger partial charge in [-0.1, -0.05) is 69.3 Å². The lowest BCUT2D eigenvalue weighted by molar-refractivity contribution is -0.385. The summed E-state index contributed by atoms with van der Waals surface area (Å²) in [5, 5.41) is 16.8. The Bertz CT molecular complexity index is 1600. The van der Waals surface area contributed by atoms with Crippen LogP contribution in [0.25, 0.3) is 10.9 Å². The minimum atomic E-state index is -0.486. The average Bonchev–Trinajstić information content (AvgIpc) is 2.92. The van der Waals surface area contributed by atoms with Gasteiger partial charge in [0.1, 0.15) is 12.4 Å². The van der Waals surface area contributed by atoms with Crippen LogP contribution in [0.1, 0.15) is 55.0 Å². The van der Waals surface area contributed by atoms with E-state index in [0.717, 1.165) is 40.2 Å². The molecule has 4 aromatic rings. The number of ether oxygens (including phenoxy) is 1. The number of nitrogens with zero attached hydrogens (tertiary/aromatic N) is 4. The van der Waals surface area contributed by atoms with Gasteiger partial charge in [0.05, 0.1) is 22.0 Å². The molecule has 0 bridgehead atoms. The van der Waals surface area contributed by atoms with E-state index in [0.29, 0.717) is 22.3 Å². The first-order valence-electron chi connectivity index (χ1n) is 12.3. The van der Waals surface area contributed by atoms with Crippen LogP contribution in [0.2, 0.25) is 0 Å². The Kier molecular flexibility index (Phi) is 7.99. The van der Waals surface area contributed by atoms with Gasteiger partial charge in [0, 0.05) is 32.1 Å². The van der Waals surface area contributed by atoms with Gasteiger partial charge in [-0.25, -0.2) is 4.98 Å². The van der Waals surface area contributed by atoms with Crippen molar-refractivity contribution < 1.29 is 9.66 Å². The summed E-state index contributed by atoms with van der Waals surface area (Å²) in [5.41, 5.74) is 1.55. The predicted octanol–water partition coefficient (Wildman–Crippen LogP) is 7.34. The molecule has 10 heteroatoms. The number of nitro benzene ring substituents is 1. The van der Waals surface area contributed by atoms with Crippen molar-refractivity contribution in [3.05, 3.63) is 107 Å². The fourth-order valence-electron chi connectivity index (χ4n) is 4.68. The van der Waals surface area contributed by atoms with Crippen LogP contribution in [0.5, 0.6) is 5.75 Å². The Morgan fingerprint density at radius 2 is 1.87 bits per heavy atom. The number of nitro groups is 1. The number of fused-ring (bicyclic) bond motifs is 1. The van der Waals surface area contributed by atoms with Crippen LogP contribution in [0.15, 0.2) is 79.5 Å². The molecular formula is C28H24Br2N4O4. The van der Waals surface area contributed by atoms with Crippen LogP contribution in [-0.2, 0) is 6.61 Å². The third kappa shape index (κ3) is 5.71. The van der Waals surface area contributed by atoms with Gasteiger partial charge in [0.15, 0.2) is 5.75 Å². The molecule has 0 N–H and O–H groups in total. The molecule has 1 saturated carbocycles. The maximum absolute atomic E-state index is 13.4. The van der Waals surface area contributed by atoms with E-state index in [1.165, 1.54) is 23.4 Å². The summed E-state index contributed by atoms with van der Waals surface area (Å²) in [6.45, 7) is 0.158. The molecule has 0 saturated heterocycles. The van der Waals surface area contributed by atoms with Crippen LogP contribution < -0.4 is 10.3 Å². The van der Waals surface area contributed by atoms with Gasteiger partial charge < -0.3 is 4.74 Å². The summed E-state index contributed by atoms with van der Waals surface area (Å²) in [5.74, 6) is 0.926. The largest absolute Gasteiger partial charge is 0.482 e. The highest BCUT2D eigenvalue weighted by atomic mass is 79.9. The van der Waals surface area contributed by atoms with E-state index in [-0.39, 0.29) is 29.5 Å². The number of aromatic nitrogens is 2. The minimum Gasteiger partial charge on any atom is -0.482 e. The molecule has 5 rings (SSSR count). The fraction of sp³-hybridized carbons (Fsp3) is 0.250. The zero-order chi connectivity index (χ0) is 26.6. The smallest absolute Gasteiger partial charge is 0.311 e. The molecule has 1 aliphatic carbocycles. The van der Waals surface area contributed by atoms with E-state index in [4.69, 9.17) is 9.72 Å². The van der Waals surface area contributed by atoms with Crippen LogP contribution in [0.4, 0.5) is 5.69 Å². The third-order valence-electron chi connectivity index (χ3n) is 6.65. The predicted molar refractivity (Wildman–Crippen MR) is 154 cm³/mol. The minimum absolute atomic E-state index is 0.140. The monoisotopic (exact) mass is 638 g/mol. The van der Waals surface area contributed by atoms with Crippen LogP contribution in [0.3, 0.4) is 0 Å². The van der Waals surface area contributed by atoms with Crippen molar-refractivity contribution in [2.45, 2.75) is 44.6 Å². The summed E-state index contributed by atoms with van der Waals surface area (Å²) in [6, 6.07) is 17.5. The van der Waals surface area contributed by atoms with Crippen molar-refractivity contribution in [3.63, 3.8) is 0 Å². The van der Waals surface area contributed by atoms with E-state index in [9.17, 15) is 14.9 Å². The van der Waals surface area contributed by atoms with E-state index in [1.807, 2.05) is 30.3 Å².